The van der Waals surface area contributed by atoms with Gasteiger partial charge < -0.3 is 4.90 Å². The van der Waals surface area contributed by atoms with Crippen molar-refractivity contribution in [2.45, 2.75) is 19.0 Å². The number of para-hydroxylation sites is 1. The van der Waals surface area contributed by atoms with E-state index >= 15 is 0 Å². The van der Waals surface area contributed by atoms with E-state index in [4.69, 9.17) is 5.53 Å². The van der Waals surface area contributed by atoms with Crippen molar-refractivity contribution in [2.24, 2.45) is 16.0 Å². The van der Waals surface area contributed by atoms with Crippen LogP contribution in [0.1, 0.15) is 18.4 Å². The van der Waals surface area contributed by atoms with Crippen molar-refractivity contribution in [3.63, 3.8) is 0 Å². The van der Waals surface area contributed by atoms with Gasteiger partial charge in [-0.3, -0.25) is 0 Å². The zero-order valence-corrected chi connectivity index (χ0v) is 11.5. The van der Waals surface area contributed by atoms with Crippen molar-refractivity contribution < 1.29 is 13.2 Å². The van der Waals surface area contributed by atoms with E-state index in [0.717, 1.165) is 23.9 Å². The number of fused-ring (bicyclic) bond motifs is 1. The van der Waals surface area contributed by atoms with Crippen molar-refractivity contribution in [3.8, 4) is 0 Å². The first-order chi connectivity index (χ1) is 10.5. The highest BCUT2D eigenvalue weighted by Gasteiger charge is 2.35. The number of hydrogen-bond donors (Lipinski definition) is 0. The summed E-state index contributed by atoms with van der Waals surface area (Å²) in [7, 11) is 0. The second-order valence-corrected chi connectivity index (χ2v) is 5.21. The number of aliphatic imine (C=N–C) groups is 1. The molecular weight excluding hydrogens is 295 g/mol. The van der Waals surface area contributed by atoms with Gasteiger partial charge in [0.05, 0.1) is 11.4 Å². The normalized spacial score (nSPS) is 17.9. The molecule has 0 bridgehead atoms. The Morgan fingerprint density at radius 3 is 2.68 bits per heavy atom. The molecule has 22 heavy (non-hydrogen) atoms. The molecule has 0 saturated heterocycles. The number of rotatable bonds is 3. The topological polar surface area (TPSA) is 64.4 Å². The van der Waals surface area contributed by atoms with Gasteiger partial charge in [-0.25, -0.2) is 4.99 Å². The molecule has 0 aromatic heterocycles. The van der Waals surface area contributed by atoms with Crippen molar-refractivity contribution in [1.82, 2.24) is 0 Å². The van der Waals surface area contributed by atoms with E-state index in [1.807, 2.05) is 0 Å². The van der Waals surface area contributed by atoms with Crippen molar-refractivity contribution in [3.05, 3.63) is 52.3 Å². The quantitative estimate of drug-likeness (QED) is 0.464. The number of nitrogens with zero attached hydrogens (tertiary/aromatic N) is 5. The molecular formula is C14H12F3N5. The van der Waals surface area contributed by atoms with Crippen LogP contribution in [-0.2, 0) is 0 Å². The Balaban J connectivity index is 2.12. The monoisotopic (exact) mass is 307 g/mol. The van der Waals surface area contributed by atoms with E-state index in [2.05, 4.69) is 15.0 Å². The van der Waals surface area contributed by atoms with Gasteiger partial charge in [-0.15, -0.1) is 0 Å². The van der Waals surface area contributed by atoms with Gasteiger partial charge in [0.2, 0.25) is 0 Å². The zero-order valence-electron chi connectivity index (χ0n) is 11.5. The predicted octanol–water partition coefficient (Wildman–Crippen LogP) is 4.38. The highest BCUT2D eigenvalue weighted by molar-refractivity contribution is 6.08. The molecule has 0 atom stereocenters. The van der Waals surface area contributed by atoms with E-state index < -0.39 is 12.7 Å². The van der Waals surface area contributed by atoms with Gasteiger partial charge in [0.25, 0.3) is 0 Å². The lowest BCUT2D eigenvalue weighted by Gasteiger charge is -2.23. The first kappa shape index (κ1) is 14.5. The number of azide groups is 1. The van der Waals surface area contributed by atoms with Gasteiger partial charge in [-0.2, -0.15) is 13.2 Å². The maximum absolute atomic E-state index is 12.8. The van der Waals surface area contributed by atoms with E-state index in [-0.39, 0.29) is 11.7 Å². The van der Waals surface area contributed by atoms with Crippen molar-refractivity contribution in [1.29, 1.82) is 0 Å². The lowest BCUT2D eigenvalue weighted by Crippen LogP contribution is -2.31. The fourth-order valence-electron chi connectivity index (χ4n) is 2.45. The zero-order chi connectivity index (χ0) is 15.7. The van der Waals surface area contributed by atoms with Crippen LogP contribution >= 0.6 is 0 Å². The highest BCUT2D eigenvalue weighted by atomic mass is 19.4. The summed E-state index contributed by atoms with van der Waals surface area (Å²) in [4.78, 5) is 7.99. The number of benzene rings is 1. The van der Waals surface area contributed by atoms with Crippen molar-refractivity contribution in [2.75, 3.05) is 11.4 Å². The van der Waals surface area contributed by atoms with Gasteiger partial charge in [0, 0.05) is 22.6 Å². The van der Waals surface area contributed by atoms with Crippen LogP contribution in [0.4, 0.5) is 18.9 Å². The molecule has 0 amide bonds. The van der Waals surface area contributed by atoms with Gasteiger partial charge in [0.1, 0.15) is 12.4 Å². The maximum Gasteiger partial charge on any atom is 0.406 e. The summed E-state index contributed by atoms with van der Waals surface area (Å²) in [6.45, 7) is -1.16. The molecule has 114 valence electrons. The Hall–Kier alpha value is -2.47. The van der Waals surface area contributed by atoms with Crippen LogP contribution in [0.3, 0.4) is 0 Å². The Bertz CT molecular complexity index is 697. The molecule has 1 aliphatic carbocycles. The van der Waals surface area contributed by atoms with Crippen LogP contribution in [0.5, 0.6) is 0 Å². The Morgan fingerprint density at radius 2 is 2.05 bits per heavy atom. The third-order valence-electron chi connectivity index (χ3n) is 3.46. The molecule has 1 aliphatic heterocycles. The summed E-state index contributed by atoms with van der Waals surface area (Å²) in [6, 6.07) is 6.82. The average Bonchev–Trinajstić information content (AvgIpc) is 3.26. The van der Waals surface area contributed by atoms with Gasteiger partial charge >= 0.3 is 6.18 Å². The van der Waals surface area contributed by atoms with E-state index in [1.165, 1.54) is 0 Å². The minimum atomic E-state index is -4.38. The molecule has 0 N–H and O–H groups in total. The predicted molar refractivity (Wildman–Crippen MR) is 76.3 cm³/mol. The molecule has 0 spiro atoms. The molecule has 0 radical (unpaired) electrons. The number of halogens is 3. The fourth-order valence-corrected chi connectivity index (χ4v) is 2.45. The molecule has 8 heteroatoms. The maximum atomic E-state index is 12.8. The van der Waals surface area contributed by atoms with E-state index in [1.54, 1.807) is 24.3 Å². The SMILES string of the molecule is [N-]=[N+]=NC1=CN(CC(F)(F)F)c2ccccc2C(C2CC2)=N1. The summed E-state index contributed by atoms with van der Waals surface area (Å²) in [5, 5.41) is 3.41. The fraction of sp³-hybridized carbons (Fsp3) is 0.357. The van der Waals surface area contributed by atoms with Crippen LogP contribution in [0, 0.1) is 5.92 Å². The molecule has 1 aromatic rings. The lowest BCUT2D eigenvalue weighted by molar-refractivity contribution is -0.118. The number of anilines is 1. The van der Waals surface area contributed by atoms with Crippen LogP contribution < -0.4 is 4.90 Å². The summed E-state index contributed by atoms with van der Waals surface area (Å²) in [5.41, 5.74) is 10.4. The Morgan fingerprint density at radius 1 is 1.32 bits per heavy atom. The second kappa shape index (κ2) is 5.38. The van der Waals surface area contributed by atoms with Gasteiger partial charge in [-0.1, -0.05) is 18.2 Å². The third kappa shape index (κ3) is 3.07. The summed E-state index contributed by atoms with van der Waals surface area (Å²) < 4.78 is 38.5. The molecule has 3 rings (SSSR count). The minimum Gasteiger partial charge on any atom is -0.336 e. The van der Waals surface area contributed by atoms with Gasteiger partial charge in [0.15, 0.2) is 0 Å². The molecule has 5 nitrogen and oxygen atoms in total. The molecule has 1 heterocycles. The Labute approximate surface area is 124 Å². The van der Waals surface area contributed by atoms with Crippen molar-refractivity contribution >= 4 is 11.4 Å². The minimum absolute atomic E-state index is 0.0511. The summed E-state index contributed by atoms with van der Waals surface area (Å²) in [5.74, 6) is 0.161. The Kier molecular flexibility index (Phi) is 3.54. The van der Waals surface area contributed by atoms with E-state index in [9.17, 15) is 13.2 Å². The molecule has 1 saturated carbocycles. The lowest BCUT2D eigenvalue weighted by atomic mass is 10.0. The van der Waals surface area contributed by atoms with Crippen LogP contribution in [0.25, 0.3) is 10.4 Å². The van der Waals surface area contributed by atoms with E-state index in [0.29, 0.717) is 17.0 Å². The molecule has 1 fully saturated rings. The van der Waals surface area contributed by atoms with Crippen LogP contribution in [-0.4, -0.2) is 18.4 Å². The number of alkyl halides is 3. The average molecular weight is 307 g/mol. The summed E-state index contributed by atoms with van der Waals surface area (Å²) in [6.07, 6.45) is -1.34. The first-order valence-corrected chi connectivity index (χ1v) is 6.76. The first-order valence-electron chi connectivity index (χ1n) is 6.76. The smallest absolute Gasteiger partial charge is 0.336 e. The van der Waals surface area contributed by atoms with Crippen LogP contribution in [0.2, 0.25) is 0 Å². The molecule has 0 unspecified atom stereocenters. The largest absolute Gasteiger partial charge is 0.406 e. The highest BCUT2D eigenvalue weighted by Crippen LogP contribution is 2.39. The van der Waals surface area contributed by atoms with Crippen LogP contribution in [0.15, 0.2) is 46.4 Å². The standard InChI is InChI=1S/C14H12F3N5/c15-14(16,17)8-22-7-12(20-21-18)19-13(9-5-6-9)10-3-1-2-4-11(10)22/h1-4,7,9H,5-6,8H2. The second-order valence-electron chi connectivity index (χ2n) is 5.21. The molecule has 1 aromatic carbocycles. The summed E-state index contributed by atoms with van der Waals surface area (Å²) >= 11 is 0. The number of hydrogen-bond acceptors (Lipinski definition) is 3. The third-order valence-corrected chi connectivity index (χ3v) is 3.46. The van der Waals surface area contributed by atoms with Gasteiger partial charge in [-0.05, 0) is 29.6 Å². The molecule has 2 aliphatic rings.